The molecule has 1 aliphatic carbocycles. The molecule has 3 unspecified atom stereocenters. The molecule has 1 saturated carbocycles. The molecular formula is C14H17FN2OS. The fraction of sp³-hybridized carbons (Fsp3) is 0.500. The number of fused-ring (bicyclic) bond motifs is 1. The number of nitrogens with zero attached hydrogens (tertiary/aromatic N) is 1. The van der Waals surface area contributed by atoms with Crippen LogP contribution in [0.25, 0.3) is 0 Å². The van der Waals surface area contributed by atoms with E-state index < -0.39 is 0 Å². The summed E-state index contributed by atoms with van der Waals surface area (Å²) in [7, 11) is 0. The van der Waals surface area contributed by atoms with Crippen molar-refractivity contribution < 1.29 is 9.50 Å². The van der Waals surface area contributed by atoms with E-state index in [0.29, 0.717) is 17.4 Å². The normalized spacial score (nSPS) is 29.6. The van der Waals surface area contributed by atoms with Crippen LogP contribution in [0.2, 0.25) is 0 Å². The Morgan fingerprint density at radius 3 is 2.84 bits per heavy atom. The van der Waals surface area contributed by atoms with Crippen LogP contribution in [0.5, 0.6) is 0 Å². The Morgan fingerprint density at radius 1 is 1.37 bits per heavy atom. The molecule has 3 rings (SSSR count). The van der Waals surface area contributed by atoms with Crippen LogP contribution in [0, 0.1) is 17.7 Å². The third-order valence-electron chi connectivity index (χ3n) is 4.38. The van der Waals surface area contributed by atoms with Crippen LogP contribution in [0.3, 0.4) is 0 Å². The third kappa shape index (κ3) is 2.21. The molecule has 3 atom stereocenters. The minimum Gasteiger partial charge on any atom is -0.393 e. The van der Waals surface area contributed by atoms with Gasteiger partial charge >= 0.3 is 0 Å². The first-order valence-electron chi connectivity index (χ1n) is 6.58. The van der Waals surface area contributed by atoms with Crippen LogP contribution >= 0.6 is 12.2 Å². The number of anilines is 1. The lowest BCUT2D eigenvalue weighted by atomic mass is 10.00. The van der Waals surface area contributed by atoms with Crippen LogP contribution < -0.4 is 10.6 Å². The Bertz CT molecular complexity index is 522. The summed E-state index contributed by atoms with van der Waals surface area (Å²) in [4.78, 5) is 2.39. The van der Waals surface area contributed by atoms with Gasteiger partial charge in [0.1, 0.15) is 10.8 Å². The highest BCUT2D eigenvalue weighted by Crippen LogP contribution is 2.40. The first-order valence-corrected chi connectivity index (χ1v) is 6.99. The van der Waals surface area contributed by atoms with Gasteiger partial charge in [-0.1, -0.05) is 12.2 Å². The minimum absolute atomic E-state index is 0.205. The van der Waals surface area contributed by atoms with Crippen LogP contribution in [-0.2, 0) is 0 Å². The Labute approximate surface area is 117 Å². The number of aliphatic hydroxyl groups is 1. The Balaban J connectivity index is 1.90. The molecule has 0 aromatic heterocycles. The van der Waals surface area contributed by atoms with Crippen molar-refractivity contribution in [3.05, 3.63) is 29.6 Å². The topological polar surface area (TPSA) is 49.5 Å². The van der Waals surface area contributed by atoms with E-state index in [1.807, 2.05) is 0 Å². The van der Waals surface area contributed by atoms with Gasteiger partial charge in [0, 0.05) is 30.3 Å². The van der Waals surface area contributed by atoms with Crippen molar-refractivity contribution in [2.45, 2.75) is 18.9 Å². The van der Waals surface area contributed by atoms with Crippen LogP contribution in [0.4, 0.5) is 10.1 Å². The lowest BCUT2D eigenvalue weighted by molar-refractivity contribution is 0.133. The number of nitrogens with two attached hydrogens (primary N) is 1. The van der Waals surface area contributed by atoms with Gasteiger partial charge in [-0.25, -0.2) is 4.39 Å². The molecule has 1 aliphatic heterocycles. The van der Waals surface area contributed by atoms with E-state index >= 15 is 0 Å². The maximum Gasteiger partial charge on any atom is 0.124 e. The van der Waals surface area contributed by atoms with Gasteiger partial charge in [0.25, 0.3) is 0 Å². The predicted octanol–water partition coefficient (Wildman–Crippen LogP) is 1.67. The molecule has 1 saturated heterocycles. The second kappa shape index (κ2) is 4.72. The lowest BCUT2D eigenvalue weighted by Gasteiger charge is -2.23. The summed E-state index contributed by atoms with van der Waals surface area (Å²) < 4.78 is 13.3. The second-order valence-electron chi connectivity index (χ2n) is 5.50. The molecule has 0 bridgehead atoms. The smallest absolute Gasteiger partial charge is 0.124 e. The largest absolute Gasteiger partial charge is 0.393 e. The Morgan fingerprint density at radius 2 is 2.16 bits per heavy atom. The number of aliphatic hydroxyl groups excluding tert-OH is 1. The summed E-state index contributed by atoms with van der Waals surface area (Å²) in [5.74, 6) is 0.523. The SMILES string of the molecule is NC(=S)c1cc(F)ccc1N1CC2CCC(O)C2C1. The zero-order valence-corrected chi connectivity index (χ0v) is 11.4. The molecule has 19 heavy (non-hydrogen) atoms. The van der Waals surface area contributed by atoms with Gasteiger partial charge in [-0.2, -0.15) is 0 Å². The molecule has 0 spiro atoms. The number of hydrogen-bond acceptors (Lipinski definition) is 3. The van der Waals surface area contributed by atoms with Gasteiger partial charge in [0.05, 0.1) is 6.10 Å². The molecule has 0 radical (unpaired) electrons. The number of hydrogen-bond donors (Lipinski definition) is 2. The Kier molecular flexibility index (Phi) is 3.19. The maximum atomic E-state index is 13.3. The van der Waals surface area contributed by atoms with E-state index in [2.05, 4.69) is 4.90 Å². The van der Waals surface area contributed by atoms with E-state index in [1.54, 1.807) is 6.07 Å². The van der Waals surface area contributed by atoms with Crippen molar-refractivity contribution >= 4 is 22.9 Å². The number of thiocarbonyl (C=S) groups is 1. The summed E-state index contributed by atoms with van der Waals surface area (Å²) in [6, 6.07) is 4.56. The molecule has 1 aromatic carbocycles. The van der Waals surface area contributed by atoms with Gasteiger partial charge < -0.3 is 15.7 Å². The predicted molar refractivity (Wildman–Crippen MR) is 76.7 cm³/mol. The van der Waals surface area contributed by atoms with Gasteiger partial charge in [-0.15, -0.1) is 0 Å². The second-order valence-corrected chi connectivity index (χ2v) is 5.94. The molecule has 5 heteroatoms. The van der Waals surface area contributed by atoms with E-state index in [4.69, 9.17) is 18.0 Å². The molecule has 102 valence electrons. The molecule has 2 aliphatic rings. The highest BCUT2D eigenvalue weighted by molar-refractivity contribution is 7.80. The van der Waals surface area contributed by atoms with E-state index in [-0.39, 0.29) is 16.9 Å². The van der Waals surface area contributed by atoms with Crippen LogP contribution in [0.1, 0.15) is 18.4 Å². The molecule has 3 nitrogen and oxygen atoms in total. The van der Waals surface area contributed by atoms with Crippen molar-refractivity contribution in [3.8, 4) is 0 Å². The molecular weight excluding hydrogens is 263 g/mol. The highest BCUT2D eigenvalue weighted by atomic mass is 32.1. The fourth-order valence-electron chi connectivity index (χ4n) is 3.41. The van der Waals surface area contributed by atoms with Crippen molar-refractivity contribution in [2.24, 2.45) is 17.6 Å². The number of benzene rings is 1. The first-order chi connectivity index (χ1) is 9.06. The average molecular weight is 280 g/mol. The van der Waals surface area contributed by atoms with Gasteiger partial charge in [-0.3, -0.25) is 0 Å². The monoisotopic (exact) mass is 280 g/mol. The van der Waals surface area contributed by atoms with E-state index in [0.717, 1.165) is 31.6 Å². The van der Waals surface area contributed by atoms with Gasteiger partial charge in [0.2, 0.25) is 0 Å². The van der Waals surface area contributed by atoms with Crippen molar-refractivity contribution in [1.29, 1.82) is 0 Å². The zero-order valence-electron chi connectivity index (χ0n) is 10.6. The molecule has 1 aromatic rings. The quantitative estimate of drug-likeness (QED) is 0.809. The van der Waals surface area contributed by atoms with Crippen LogP contribution in [-0.4, -0.2) is 29.3 Å². The van der Waals surface area contributed by atoms with Gasteiger partial charge in [0.15, 0.2) is 0 Å². The Hall–Kier alpha value is -1.20. The maximum absolute atomic E-state index is 13.3. The van der Waals surface area contributed by atoms with E-state index in [9.17, 15) is 9.50 Å². The molecule has 3 N–H and O–H groups in total. The minimum atomic E-state index is -0.328. The first kappa shape index (κ1) is 12.8. The van der Waals surface area contributed by atoms with Crippen molar-refractivity contribution in [3.63, 3.8) is 0 Å². The zero-order chi connectivity index (χ0) is 13.6. The lowest BCUT2D eigenvalue weighted by Crippen LogP contribution is -2.27. The number of rotatable bonds is 2. The fourth-order valence-corrected chi connectivity index (χ4v) is 3.58. The van der Waals surface area contributed by atoms with Gasteiger partial charge in [-0.05, 0) is 37.0 Å². The highest BCUT2D eigenvalue weighted by Gasteiger charge is 2.42. The average Bonchev–Trinajstić information content (AvgIpc) is 2.92. The van der Waals surface area contributed by atoms with Crippen molar-refractivity contribution in [1.82, 2.24) is 0 Å². The standard InChI is InChI=1S/C14H17FN2OS/c15-9-2-3-12(10(5-9)14(16)19)17-6-8-1-4-13(18)11(8)7-17/h2-3,5,8,11,13,18H,1,4,6-7H2,(H2,16,19). The summed E-state index contributed by atoms with van der Waals surface area (Å²) in [5, 5.41) is 9.95. The molecule has 0 amide bonds. The molecule has 2 fully saturated rings. The summed E-state index contributed by atoms with van der Waals surface area (Å²) in [6.07, 6.45) is 1.75. The summed E-state index contributed by atoms with van der Waals surface area (Å²) >= 11 is 5.00. The third-order valence-corrected chi connectivity index (χ3v) is 4.60. The van der Waals surface area contributed by atoms with Crippen molar-refractivity contribution in [2.75, 3.05) is 18.0 Å². The van der Waals surface area contributed by atoms with Crippen LogP contribution in [0.15, 0.2) is 18.2 Å². The number of halogens is 1. The summed E-state index contributed by atoms with van der Waals surface area (Å²) in [6.45, 7) is 1.69. The van der Waals surface area contributed by atoms with E-state index in [1.165, 1.54) is 12.1 Å². The summed E-state index contributed by atoms with van der Waals surface area (Å²) in [5.41, 5.74) is 7.16. The molecule has 1 heterocycles.